The minimum absolute atomic E-state index is 0.309. The van der Waals surface area contributed by atoms with Crippen molar-refractivity contribution < 1.29 is 4.74 Å². The Kier molecular flexibility index (Phi) is 3.42. The van der Waals surface area contributed by atoms with Crippen molar-refractivity contribution in [3.05, 3.63) is 0 Å². The van der Waals surface area contributed by atoms with Crippen molar-refractivity contribution in [1.82, 2.24) is 5.32 Å². The fourth-order valence-electron chi connectivity index (χ4n) is 4.48. The first-order valence-electron chi connectivity index (χ1n) is 7.29. The molecule has 0 amide bonds. The van der Waals surface area contributed by atoms with Gasteiger partial charge in [0.25, 0.3) is 0 Å². The Hall–Kier alpha value is -0.120. The Balaban J connectivity index is 1.34. The maximum atomic E-state index is 6.11. The summed E-state index contributed by atoms with van der Waals surface area (Å²) < 4.78 is 5.05. The lowest BCUT2D eigenvalue weighted by Crippen LogP contribution is -2.37. The highest BCUT2D eigenvalue weighted by Crippen LogP contribution is 2.65. The van der Waals surface area contributed by atoms with E-state index in [0.717, 1.165) is 55.7 Å². The highest BCUT2D eigenvalue weighted by Gasteiger charge is 2.64. The summed E-state index contributed by atoms with van der Waals surface area (Å²) in [4.78, 5) is 0. The molecule has 0 spiro atoms. The van der Waals surface area contributed by atoms with Crippen molar-refractivity contribution in [2.75, 3.05) is 20.3 Å². The number of nitrogens with one attached hydrogen (secondary N) is 1. The summed E-state index contributed by atoms with van der Waals surface area (Å²) in [5.41, 5.74) is 6.11. The molecule has 5 unspecified atom stereocenters. The molecule has 0 aliphatic heterocycles. The van der Waals surface area contributed by atoms with Crippen LogP contribution >= 0.6 is 0 Å². The predicted octanol–water partition coefficient (Wildman–Crippen LogP) is 1.37. The summed E-state index contributed by atoms with van der Waals surface area (Å²) in [7, 11) is 1.75. The molecule has 5 atom stereocenters. The van der Waals surface area contributed by atoms with E-state index in [2.05, 4.69) is 5.32 Å². The topological polar surface area (TPSA) is 47.3 Å². The van der Waals surface area contributed by atoms with Crippen molar-refractivity contribution in [3.63, 3.8) is 0 Å². The molecule has 0 aromatic rings. The molecular formula is C14H26N2O. The zero-order chi connectivity index (χ0) is 11.8. The molecule has 0 aromatic heterocycles. The van der Waals surface area contributed by atoms with Crippen LogP contribution in [0.4, 0.5) is 0 Å². The number of methoxy groups -OCH3 is 1. The second-order valence-electron chi connectivity index (χ2n) is 6.32. The molecule has 3 saturated carbocycles. The fraction of sp³-hybridized carbons (Fsp3) is 1.00. The van der Waals surface area contributed by atoms with Crippen LogP contribution in [0.15, 0.2) is 0 Å². The van der Waals surface area contributed by atoms with Gasteiger partial charge in [-0.3, -0.25) is 0 Å². The summed E-state index contributed by atoms with van der Waals surface area (Å²) in [6.07, 6.45) is 6.71. The molecule has 3 rings (SSSR count). The van der Waals surface area contributed by atoms with E-state index in [0.29, 0.717) is 6.04 Å². The third-order valence-corrected chi connectivity index (χ3v) is 5.27. The number of nitrogens with two attached hydrogens (primary N) is 1. The summed E-state index contributed by atoms with van der Waals surface area (Å²) in [5, 5.41) is 3.72. The van der Waals surface area contributed by atoms with Crippen LogP contribution in [0.2, 0.25) is 0 Å². The van der Waals surface area contributed by atoms with Gasteiger partial charge in [0.15, 0.2) is 0 Å². The number of rotatable bonds is 7. The second kappa shape index (κ2) is 4.87. The van der Waals surface area contributed by atoms with E-state index in [1.807, 2.05) is 0 Å². The monoisotopic (exact) mass is 238 g/mol. The highest BCUT2D eigenvalue weighted by molar-refractivity contribution is 5.16. The van der Waals surface area contributed by atoms with Gasteiger partial charge in [0.1, 0.15) is 0 Å². The van der Waals surface area contributed by atoms with Crippen LogP contribution in [-0.4, -0.2) is 32.3 Å². The zero-order valence-corrected chi connectivity index (χ0v) is 10.9. The second-order valence-corrected chi connectivity index (χ2v) is 6.32. The smallest absolute Gasteiger partial charge is 0.0462 e. The Morgan fingerprint density at radius 2 is 2.00 bits per heavy atom. The van der Waals surface area contributed by atoms with Gasteiger partial charge in [0, 0.05) is 32.3 Å². The summed E-state index contributed by atoms with van der Waals surface area (Å²) in [5.74, 6) is 4.18. The standard InChI is InChI=1S/C14H26N2O/c1-17-6-2-3-11(15)8-16-14-12-9-4-5-10(7-9)13(12)14/h9-14,16H,2-8,15H2,1H3. The lowest BCUT2D eigenvalue weighted by atomic mass is 10.0. The van der Waals surface area contributed by atoms with Crippen LogP contribution in [0.1, 0.15) is 32.1 Å². The summed E-state index contributed by atoms with van der Waals surface area (Å²) in [6, 6.07) is 1.14. The minimum Gasteiger partial charge on any atom is -0.385 e. The lowest BCUT2D eigenvalue weighted by Gasteiger charge is -2.15. The molecule has 17 heavy (non-hydrogen) atoms. The molecule has 3 nitrogen and oxygen atoms in total. The first-order valence-corrected chi connectivity index (χ1v) is 7.29. The molecule has 3 N–H and O–H groups in total. The van der Waals surface area contributed by atoms with Crippen molar-refractivity contribution in [2.24, 2.45) is 29.4 Å². The van der Waals surface area contributed by atoms with Crippen molar-refractivity contribution >= 4 is 0 Å². The van der Waals surface area contributed by atoms with Crippen LogP contribution in [0.25, 0.3) is 0 Å². The Labute approximate surface area is 104 Å². The molecule has 3 aliphatic rings. The summed E-state index contributed by atoms with van der Waals surface area (Å²) in [6.45, 7) is 1.84. The Morgan fingerprint density at radius 1 is 1.29 bits per heavy atom. The Bertz CT molecular complexity index is 255. The van der Waals surface area contributed by atoms with E-state index in [1.165, 1.54) is 19.3 Å². The number of hydrogen-bond acceptors (Lipinski definition) is 3. The predicted molar refractivity (Wildman–Crippen MR) is 68.7 cm³/mol. The molecule has 0 heterocycles. The van der Waals surface area contributed by atoms with Crippen LogP contribution in [0.5, 0.6) is 0 Å². The molecule has 3 heteroatoms. The first-order chi connectivity index (χ1) is 8.31. The SMILES string of the molecule is COCCCC(N)CNC1C2C3CCC(C3)C12. The van der Waals surface area contributed by atoms with Gasteiger partial charge in [0.05, 0.1) is 0 Å². The maximum Gasteiger partial charge on any atom is 0.0462 e. The average Bonchev–Trinajstić information content (AvgIpc) is 2.71. The van der Waals surface area contributed by atoms with E-state index in [1.54, 1.807) is 7.11 Å². The number of fused-ring (bicyclic) bond motifs is 5. The van der Waals surface area contributed by atoms with Crippen molar-refractivity contribution in [1.29, 1.82) is 0 Å². The quantitative estimate of drug-likeness (QED) is 0.659. The average molecular weight is 238 g/mol. The third-order valence-electron chi connectivity index (χ3n) is 5.27. The fourth-order valence-corrected chi connectivity index (χ4v) is 4.48. The largest absolute Gasteiger partial charge is 0.385 e. The van der Waals surface area contributed by atoms with E-state index in [4.69, 9.17) is 10.5 Å². The van der Waals surface area contributed by atoms with Gasteiger partial charge >= 0.3 is 0 Å². The molecule has 0 radical (unpaired) electrons. The molecule has 3 fully saturated rings. The van der Waals surface area contributed by atoms with E-state index >= 15 is 0 Å². The molecule has 0 aromatic carbocycles. The Morgan fingerprint density at radius 3 is 2.65 bits per heavy atom. The van der Waals surface area contributed by atoms with Gasteiger partial charge in [-0.25, -0.2) is 0 Å². The first kappa shape index (κ1) is 11.9. The molecule has 3 aliphatic carbocycles. The van der Waals surface area contributed by atoms with Crippen LogP contribution in [0, 0.1) is 23.7 Å². The van der Waals surface area contributed by atoms with E-state index in [9.17, 15) is 0 Å². The summed E-state index contributed by atoms with van der Waals surface area (Å²) >= 11 is 0. The number of ether oxygens (including phenoxy) is 1. The zero-order valence-electron chi connectivity index (χ0n) is 10.9. The highest BCUT2D eigenvalue weighted by atomic mass is 16.5. The van der Waals surface area contributed by atoms with Crippen LogP contribution in [0.3, 0.4) is 0 Å². The molecular weight excluding hydrogens is 212 g/mol. The van der Waals surface area contributed by atoms with Gasteiger partial charge in [0.2, 0.25) is 0 Å². The lowest BCUT2D eigenvalue weighted by molar-refractivity contribution is 0.190. The normalized spacial score (nSPS) is 43.8. The van der Waals surface area contributed by atoms with Gasteiger partial charge < -0.3 is 15.8 Å². The molecule has 98 valence electrons. The third kappa shape index (κ3) is 2.25. The maximum absolute atomic E-state index is 6.11. The van der Waals surface area contributed by atoms with Gasteiger partial charge in [-0.05, 0) is 55.8 Å². The van der Waals surface area contributed by atoms with Gasteiger partial charge in [-0.15, -0.1) is 0 Å². The van der Waals surface area contributed by atoms with E-state index < -0.39 is 0 Å². The van der Waals surface area contributed by atoms with Crippen molar-refractivity contribution in [2.45, 2.75) is 44.2 Å². The van der Waals surface area contributed by atoms with Crippen molar-refractivity contribution in [3.8, 4) is 0 Å². The van der Waals surface area contributed by atoms with Gasteiger partial charge in [-0.2, -0.15) is 0 Å². The molecule has 0 saturated heterocycles. The molecule has 2 bridgehead atoms. The van der Waals surface area contributed by atoms with E-state index in [-0.39, 0.29) is 0 Å². The number of hydrogen-bond donors (Lipinski definition) is 2. The minimum atomic E-state index is 0.309. The van der Waals surface area contributed by atoms with Crippen LogP contribution < -0.4 is 11.1 Å². The van der Waals surface area contributed by atoms with Crippen LogP contribution in [-0.2, 0) is 4.74 Å². The van der Waals surface area contributed by atoms with Gasteiger partial charge in [-0.1, -0.05) is 0 Å².